The zero-order chi connectivity index (χ0) is 29.2. The Balaban J connectivity index is 1.31. The number of hydrogen-bond acceptors (Lipinski definition) is 3. The Kier molecular flexibility index (Phi) is 10.9. The Bertz CT molecular complexity index is 1280. The summed E-state index contributed by atoms with van der Waals surface area (Å²) in [5, 5.41) is 1.32. The van der Waals surface area contributed by atoms with Crippen LogP contribution in [0.15, 0.2) is 114 Å². The summed E-state index contributed by atoms with van der Waals surface area (Å²) in [6.07, 6.45) is 12.2. The number of carbonyl (C=O) groups is 2. The zero-order valence-corrected chi connectivity index (χ0v) is 26.8. The van der Waals surface area contributed by atoms with Crippen molar-refractivity contribution in [2.24, 2.45) is 0 Å². The first-order chi connectivity index (χ1) is 19.9. The molecule has 3 aromatic rings. The monoisotopic (exact) mass is 632 g/mol. The Hall–Kier alpha value is -2.81. The van der Waals surface area contributed by atoms with Crippen molar-refractivity contribution < 1.29 is 14.3 Å². The SMILES string of the molecule is COC1=CC(=O)C(C)=C(CCCCCCCCCCP(Br)(c2ccccc2)(c2ccccc2)c2ccccc2)C1=O. The van der Waals surface area contributed by atoms with Crippen molar-refractivity contribution in [3.8, 4) is 0 Å². The summed E-state index contributed by atoms with van der Waals surface area (Å²) in [5.74, 6) is -0.0740. The summed E-state index contributed by atoms with van der Waals surface area (Å²) in [7, 11) is 1.44. The molecule has 4 rings (SSSR count). The van der Waals surface area contributed by atoms with Crippen LogP contribution in [0.1, 0.15) is 64.7 Å². The van der Waals surface area contributed by atoms with Crippen LogP contribution in [0, 0.1) is 0 Å². The van der Waals surface area contributed by atoms with Crippen LogP contribution in [0.25, 0.3) is 0 Å². The second-order valence-electron chi connectivity index (χ2n) is 11.0. The van der Waals surface area contributed by atoms with Gasteiger partial charge in [-0.2, -0.15) is 0 Å². The minimum Gasteiger partial charge on any atom is -0.285 e. The number of ketones is 2. The smallest absolute Gasteiger partial charge is 0.285 e. The van der Waals surface area contributed by atoms with Crippen LogP contribution in [0.4, 0.5) is 0 Å². The van der Waals surface area contributed by atoms with Gasteiger partial charge in [0.1, 0.15) is 0 Å². The maximum atomic E-state index is 12.5. The van der Waals surface area contributed by atoms with Crippen LogP contribution in [0.3, 0.4) is 0 Å². The predicted octanol–water partition coefficient (Wildman–Crippen LogP) is 8.34. The van der Waals surface area contributed by atoms with Crippen LogP contribution in [-0.2, 0) is 14.3 Å². The average Bonchev–Trinajstić information content (AvgIpc) is 3.02. The van der Waals surface area contributed by atoms with E-state index in [4.69, 9.17) is 4.74 Å². The second-order valence-corrected chi connectivity index (χ2v) is 20.1. The van der Waals surface area contributed by atoms with E-state index >= 15 is 0 Å². The first kappa shape index (κ1) is 31.1. The molecule has 0 saturated heterocycles. The van der Waals surface area contributed by atoms with Crippen molar-refractivity contribution in [3.63, 3.8) is 0 Å². The quantitative estimate of drug-likeness (QED) is 0.0961. The molecule has 0 N–H and O–H groups in total. The Morgan fingerprint density at radius 1 is 0.634 bits per heavy atom. The molecule has 0 unspecified atom stereocenters. The molecule has 0 saturated carbocycles. The van der Waals surface area contributed by atoms with Crippen LogP contribution in [0.5, 0.6) is 0 Å². The van der Waals surface area contributed by atoms with E-state index in [1.807, 2.05) is 0 Å². The number of ether oxygens (including phenoxy) is 1. The van der Waals surface area contributed by atoms with Gasteiger partial charge in [0.25, 0.3) is 0 Å². The number of unbranched alkanes of at least 4 members (excludes halogenated alkanes) is 7. The van der Waals surface area contributed by atoms with Crippen LogP contribution in [-0.4, -0.2) is 24.8 Å². The molecule has 0 heterocycles. The summed E-state index contributed by atoms with van der Waals surface area (Å²) in [6.45, 7) is 1.75. The van der Waals surface area contributed by atoms with Crippen molar-refractivity contribution in [2.45, 2.75) is 64.7 Å². The van der Waals surface area contributed by atoms with Crippen molar-refractivity contribution in [3.05, 3.63) is 114 Å². The molecule has 5 heteroatoms. The summed E-state index contributed by atoms with van der Waals surface area (Å²) in [5.41, 5.74) is 1.20. The number of hydrogen-bond donors (Lipinski definition) is 0. The number of benzene rings is 3. The molecule has 1 aliphatic rings. The normalized spacial score (nSPS) is 14.9. The third kappa shape index (κ3) is 6.82. The van der Waals surface area contributed by atoms with Crippen molar-refractivity contribution in [2.75, 3.05) is 13.3 Å². The molecule has 3 aromatic carbocycles. The van der Waals surface area contributed by atoms with E-state index in [1.165, 1.54) is 54.8 Å². The van der Waals surface area contributed by atoms with Crippen LogP contribution >= 0.6 is 20.8 Å². The number of methoxy groups -OCH3 is 1. The number of rotatable bonds is 15. The zero-order valence-electron chi connectivity index (χ0n) is 24.4. The van der Waals surface area contributed by atoms with Gasteiger partial charge < -0.3 is 4.74 Å². The molecule has 0 amide bonds. The Morgan fingerprint density at radius 3 is 1.49 bits per heavy atom. The van der Waals surface area contributed by atoms with Crippen LogP contribution < -0.4 is 15.9 Å². The molecule has 0 atom stereocenters. The second kappa shape index (κ2) is 14.4. The van der Waals surface area contributed by atoms with Gasteiger partial charge in [0.2, 0.25) is 0 Å². The summed E-state index contributed by atoms with van der Waals surface area (Å²) < 4.78 is 5.10. The predicted molar refractivity (Wildman–Crippen MR) is 178 cm³/mol. The Labute approximate surface area is 253 Å². The first-order valence-electron chi connectivity index (χ1n) is 14.8. The van der Waals surface area contributed by atoms with E-state index < -0.39 is 5.31 Å². The average molecular weight is 634 g/mol. The molecule has 0 spiro atoms. The standard InChI is InChI=1S/C36H42BrO3P/c1-29-33(36(39)35(40-2)28-34(29)38)26-18-7-5-3-4-6-8-19-27-41(37,30-20-12-9-13-21-30,31-22-14-10-15-23-31)32-24-16-11-17-25-32/h9-17,20-25,28H,3-8,18-19,26-27H2,1-2H3. The fourth-order valence-electron chi connectivity index (χ4n) is 6.04. The number of halogens is 1. The van der Waals surface area contributed by atoms with E-state index in [9.17, 15) is 9.59 Å². The van der Waals surface area contributed by atoms with E-state index in [-0.39, 0.29) is 17.3 Å². The van der Waals surface area contributed by atoms with Gasteiger partial charge in [-0.1, -0.05) is 0 Å². The maximum absolute atomic E-state index is 12.5. The van der Waals surface area contributed by atoms with E-state index in [0.29, 0.717) is 17.6 Å². The Morgan fingerprint density at radius 2 is 1.05 bits per heavy atom. The molecular formula is C36H42BrO3P. The molecule has 216 valence electrons. The molecule has 3 nitrogen and oxygen atoms in total. The molecular weight excluding hydrogens is 591 g/mol. The van der Waals surface area contributed by atoms with Gasteiger partial charge in [-0.05, 0) is 6.92 Å². The molecule has 0 radical (unpaired) electrons. The van der Waals surface area contributed by atoms with Gasteiger partial charge in [0.05, 0.1) is 7.11 Å². The third-order valence-corrected chi connectivity index (χ3v) is 18.5. The minimum atomic E-state index is -2.82. The van der Waals surface area contributed by atoms with E-state index in [2.05, 4.69) is 106 Å². The molecule has 0 aromatic heterocycles. The topological polar surface area (TPSA) is 43.4 Å². The van der Waals surface area contributed by atoms with Gasteiger partial charge >= 0.3 is 209 Å². The number of Topliss-reactive ketones (excluding diaryl/α,β-unsaturated/α-hetero) is 1. The summed E-state index contributed by atoms with van der Waals surface area (Å²) >= 11 is 4.55. The van der Waals surface area contributed by atoms with Gasteiger partial charge in [0, 0.05) is 6.08 Å². The molecule has 41 heavy (non-hydrogen) atoms. The fourth-order valence-corrected chi connectivity index (χ4v) is 13.8. The summed E-state index contributed by atoms with van der Waals surface area (Å²) in [4.78, 5) is 24.7. The first-order valence-corrected chi connectivity index (χ1v) is 19.3. The molecule has 1 aliphatic carbocycles. The van der Waals surface area contributed by atoms with Crippen molar-refractivity contribution in [1.29, 1.82) is 0 Å². The van der Waals surface area contributed by atoms with E-state index in [1.54, 1.807) is 6.92 Å². The third-order valence-electron chi connectivity index (χ3n) is 8.44. The fraction of sp³-hybridized carbons (Fsp3) is 0.333. The molecule has 0 aliphatic heterocycles. The van der Waals surface area contributed by atoms with Crippen molar-refractivity contribution >= 4 is 48.3 Å². The minimum absolute atomic E-state index is 0.111. The van der Waals surface area contributed by atoms with Gasteiger partial charge in [-0.25, -0.2) is 0 Å². The molecule has 0 fully saturated rings. The number of carbonyl (C=O) groups excluding carboxylic acids is 2. The van der Waals surface area contributed by atoms with Gasteiger partial charge in [-0.15, -0.1) is 0 Å². The molecule has 0 bridgehead atoms. The van der Waals surface area contributed by atoms with Crippen molar-refractivity contribution in [1.82, 2.24) is 0 Å². The summed E-state index contributed by atoms with van der Waals surface area (Å²) in [6, 6.07) is 33.1. The van der Waals surface area contributed by atoms with E-state index in [0.717, 1.165) is 31.8 Å². The number of allylic oxidation sites excluding steroid dienone is 3. The van der Waals surface area contributed by atoms with Gasteiger partial charge in [0.15, 0.2) is 11.5 Å². The van der Waals surface area contributed by atoms with Gasteiger partial charge in [-0.3, -0.25) is 9.59 Å². The van der Waals surface area contributed by atoms with Crippen LogP contribution in [0.2, 0.25) is 0 Å².